The predicted octanol–water partition coefficient (Wildman–Crippen LogP) is 3.65. The summed E-state index contributed by atoms with van der Waals surface area (Å²) in [5, 5.41) is 0. The number of nitrogens with zero attached hydrogens (tertiary/aromatic N) is 1. The highest BCUT2D eigenvalue weighted by molar-refractivity contribution is 5.87. The molecule has 0 amide bonds. The average molecular weight is 239 g/mol. The normalized spacial score (nSPS) is 20.2. The Hall–Kier alpha value is -0.370. The zero-order valence-corrected chi connectivity index (χ0v) is 12.1. The lowest BCUT2D eigenvalue weighted by molar-refractivity contribution is -0.131. The first-order chi connectivity index (χ1) is 7.98. The molecule has 100 valence electrons. The van der Waals surface area contributed by atoms with Gasteiger partial charge in [0.15, 0.2) is 5.78 Å². The molecule has 1 heterocycles. The predicted molar refractivity (Wildman–Crippen MR) is 73.2 cm³/mol. The monoisotopic (exact) mass is 239 g/mol. The Morgan fingerprint density at radius 3 is 2.35 bits per heavy atom. The summed E-state index contributed by atoms with van der Waals surface area (Å²) in [7, 11) is 0. The number of piperidine rings is 1. The van der Waals surface area contributed by atoms with Crippen LogP contribution < -0.4 is 0 Å². The molecule has 0 aromatic rings. The van der Waals surface area contributed by atoms with E-state index in [0.29, 0.717) is 11.7 Å². The van der Waals surface area contributed by atoms with Crippen molar-refractivity contribution < 1.29 is 4.79 Å². The molecule has 0 bridgehead atoms. The molecule has 0 aliphatic carbocycles. The third kappa shape index (κ3) is 4.09. The highest BCUT2D eigenvalue weighted by atomic mass is 16.1. The summed E-state index contributed by atoms with van der Waals surface area (Å²) >= 11 is 0. The van der Waals surface area contributed by atoms with Gasteiger partial charge < -0.3 is 0 Å². The maximum absolute atomic E-state index is 12.4. The van der Waals surface area contributed by atoms with Crippen molar-refractivity contribution in [1.82, 2.24) is 4.90 Å². The third-order valence-corrected chi connectivity index (χ3v) is 4.14. The number of ketones is 1. The minimum atomic E-state index is -0.248. The summed E-state index contributed by atoms with van der Waals surface area (Å²) in [6.07, 6.45) is 6.92. The van der Waals surface area contributed by atoms with Crippen molar-refractivity contribution in [3.8, 4) is 0 Å². The lowest BCUT2D eigenvalue weighted by Gasteiger charge is -2.40. The van der Waals surface area contributed by atoms with E-state index < -0.39 is 0 Å². The number of carbonyl (C=O) groups is 1. The number of hydrogen-bond donors (Lipinski definition) is 0. The van der Waals surface area contributed by atoms with E-state index in [-0.39, 0.29) is 5.54 Å². The zero-order valence-electron chi connectivity index (χ0n) is 12.1. The smallest absolute Gasteiger partial charge is 0.152 e. The molecular weight excluding hydrogens is 210 g/mol. The van der Waals surface area contributed by atoms with Gasteiger partial charge in [-0.3, -0.25) is 9.69 Å². The highest BCUT2D eigenvalue weighted by Crippen LogP contribution is 2.25. The molecule has 1 aliphatic heterocycles. The van der Waals surface area contributed by atoms with E-state index in [1.165, 1.54) is 32.1 Å². The largest absolute Gasteiger partial charge is 0.298 e. The van der Waals surface area contributed by atoms with E-state index in [0.717, 1.165) is 19.5 Å². The van der Waals surface area contributed by atoms with Crippen LogP contribution in [0.2, 0.25) is 0 Å². The Balaban J connectivity index is 2.52. The lowest BCUT2D eigenvalue weighted by Crippen LogP contribution is -2.52. The highest BCUT2D eigenvalue weighted by Gasteiger charge is 2.34. The van der Waals surface area contributed by atoms with Gasteiger partial charge in [0.2, 0.25) is 0 Å². The molecule has 0 spiro atoms. The minimum Gasteiger partial charge on any atom is -0.298 e. The third-order valence-electron chi connectivity index (χ3n) is 4.14. The van der Waals surface area contributed by atoms with Gasteiger partial charge in [-0.15, -0.1) is 0 Å². The SMILES string of the molecule is CCCC(C)CC(=O)C(C)(C)N1CCCCC1. The quantitative estimate of drug-likeness (QED) is 0.705. The van der Waals surface area contributed by atoms with Crippen molar-refractivity contribution in [3.63, 3.8) is 0 Å². The van der Waals surface area contributed by atoms with E-state index in [1.54, 1.807) is 0 Å². The molecule has 0 radical (unpaired) electrons. The van der Waals surface area contributed by atoms with Gasteiger partial charge in [-0.1, -0.05) is 33.1 Å². The number of likely N-dealkylation sites (tertiary alicyclic amines) is 1. The molecule has 0 saturated carbocycles. The van der Waals surface area contributed by atoms with E-state index in [2.05, 4.69) is 32.6 Å². The van der Waals surface area contributed by atoms with Crippen LogP contribution in [0.25, 0.3) is 0 Å². The van der Waals surface area contributed by atoms with Gasteiger partial charge in [0.25, 0.3) is 0 Å². The van der Waals surface area contributed by atoms with Crippen LogP contribution in [0.1, 0.15) is 66.2 Å². The van der Waals surface area contributed by atoms with Crippen LogP contribution in [0.3, 0.4) is 0 Å². The Morgan fingerprint density at radius 2 is 1.82 bits per heavy atom. The summed E-state index contributed by atoms with van der Waals surface area (Å²) in [5.41, 5.74) is -0.248. The average Bonchev–Trinajstić information content (AvgIpc) is 2.30. The van der Waals surface area contributed by atoms with E-state index >= 15 is 0 Å². The fraction of sp³-hybridized carbons (Fsp3) is 0.933. The second-order valence-corrected chi connectivity index (χ2v) is 6.13. The molecule has 1 aliphatic rings. The summed E-state index contributed by atoms with van der Waals surface area (Å²) in [4.78, 5) is 14.8. The first-order valence-corrected chi connectivity index (χ1v) is 7.26. The molecule has 0 aromatic heterocycles. The van der Waals surface area contributed by atoms with Gasteiger partial charge in [0.05, 0.1) is 5.54 Å². The van der Waals surface area contributed by atoms with Crippen LogP contribution in [-0.4, -0.2) is 29.3 Å². The standard InChI is InChI=1S/C15H29NO/c1-5-9-13(2)12-14(17)15(3,4)16-10-7-6-8-11-16/h13H,5-12H2,1-4H3. The van der Waals surface area contributed by atoms with Crippen molar-refractivity contribution in [2.75, 3.05) is 13.1 Å². The van der Waals surface area contributed by atoms with Crippen LogP contribution in [0.15, 0.2) is 0 Å². The first kappa shape index (κ1) is 14.7. The number of rotatable bonds is 6. The maximum atomic E-state index is 12.4. The molecule has 2 heteroatoms. The van der Waals surface area contributed by atoms with Crippen molar-refractivity contribution >= 4 is 5.78 Å². The van der Waals surface area contributed by atoms with E-state index in [4.69, 9.17) is 0 Å². The van der Waals surface area contributed by atoms with Crippen LogP contribution in [0.5, 0.6) is 0 Å². The summed E-state index contributed by atoms with van der Waals surface area (Å²) in [5.74, 6) is 0.969. The van der Waals surface area contributed by atoms with E-state index in [9.17, 15) is 4.79 Å². The zero-order chi connectivity index (χ0) is 12.9. The number of Topliss-reactive ketones (excluding diaryl/α,β-unsaturated/α-hetero) is 1. The van der Waals surface area contributed by atoms with Gasteiger partial charge in [-0.05, 0) is 45.7 Å². The van der Waals surface area contributed by atoms with Crippen LogP contribution in [-0.2, 0) is 4.79 Å². The topological polar surface area (TPSA) is 20.3 Å². The summed E-state index contributed by atoms with van der Waals surface area (Å²) in [6, 6.07) is 0. The molecule has 17 heavy (non-hydrogen) atoms. The summed E-state index contributed by atoms with van der Waals surface area (Å²) < 4.78 is 0. The molecule has 1 saturated heterocycles. The van der Waals surface area contributed by atoms with Crippen molar-refractivity contribution in [2.24, 2.45) is 5.92 Å². The van der Waals surface area contributed by atoms with Crippen LogP contribution in [0, 0.1) is 5.92 Å². The molecule has 1 rings (SSSR count). The fourth-order valence-corrected chi connectivity index (χ4v) is 2.79. The second kappa shape index (κ2) is 6.53. The van der Waals surface area contributed by atoms with Crippen molar-refractivity contribution in [1.29, 1.82) is 0 Å². The van der Waals surface area contributed by atoms with Gasteiger partial charge in [0, 0.05) is 6.42 Å². The molecule has 0 aromatic carbocycles. The molecule has 0 N–H and O–H groups in total. The van der Waals surface area contributed by atoms with Gasteiger partial charge in [-0.2, -0.15) is 0 Å². The number of carbonyl (C=O) groups excluding carboxylic acids is 1. The molecule has 1 atom stereocenters. The fourth-order valence-electron chi connectivity index (χ4n) is 2.79. The van der Waals surface area contributed by atoms with Gasteiger partial charge in [-0.25, -0.2) is 0 Å². The van der Waals surface area contributed by atoms with E-state index in [1.807, 2.05) is 0 Å². The van der Waals surface area contributed by atoms with Crippen molar-refractivity contribution in [3.05, 3.63) is 0 Å². The first-order valence-electron chi connectivity index (χ1n) is 7.26. The molecular formula is C15H29NO. The Bertz CT molecular complexity index is 241. The second-order valence-electron chi connectivity index (χ2n) is 6.13. The molecule has 2 nitrogen and oxygen atoms in total. The molecule has 1 unspecified atom stereocenters. The Morgan fingerprint density at radius 1 is 1.24 bits per heavy atom. The Labute approximate surface area is 107 Å². The minimum absolute atomic E-state index is 0.248. The van der Waals surface area contributed by atoms with Crippen molar-refractivity contribution in [2.45, 2.75) is 71.8 Å². The van der Waals surface area contributed by atoms with Crippen LogP contribution in [0.4, 0.5) is 0 Å². The van der Waals surface area contributed by atoms with Gasteiger partial charge in [0.1, 0.15) is 0 Å². The van der Waals surface area contributed by atoms with Crippen LogP contribution >= 0.6 is 0 Å². The van der Waals surface area contributed by atoms with Gasteiger partial charge >= 0.3 is 0 Å². The Kier molecular flexibility index (Phi) is 5.64. The maximum Gasteiger partial charge on any atom is 0.152 e. The number of hydrogen-bond acceptors (Lipinski definition) is 2. The molecule has 1 fully saturated rings. The lowest BCUT2D eigenvalue weighted by atomic mass is 9.87. The summed E-state index contributed by atoms with van der Waals surface area (Å²) in [6.45, 7) is 10.8.